The lowest BCUT2D eigenvalue weighted by atomic mass is 9.99. The fourth-order valence-corrected chi connectivity index (χ4v) is 2.62. The SMILES string of the molecule is C=C/C=C(\C=C)c1noc(CO)c1-c1ccc(S(N)(=O)=O)cc1. The van der Waals surface area contributed by atoms with Crippen LogP contribution >= 0.6 is 0 Å². The highest BCUT2D eigenvalue weighted by Gasteiger charge is 2.19. The van der Waals surface area contributed by atoms with Gasteiger partial charge < -0.3 is 9.63 Å². The third kappa shape index (κ3) is 3.48. The van der Waals surface area contributed by atoms with Crippen LogP contribution in [0.3, 0.4) is 0 Å². The number of aromatic nitrogens is 1. The molecule has 0 spiro atoms. The van der Waals surface area contributed by atoms with Crippen LogP contribution in [-0.4, -0.2) is 18.7 Å². The topological polar surface area (TPSA) is 106 Å². The quantitative estimate of drug-likeness (QED) is 0.789. The molecule has 0 fully saturated rings. The van der Waals surface area contributed by atoms with Gasteiger partial charge in [0.15, 0.2) is 5.76 Å². The summed E-state index contributed by atoms with van der Waals surface area (Å²) in [5, 5.41) is 18.5. The molecule has 0 bridgehead atoms. The van der Waals surface area contributed by atoms with Gasteiger partial charge in [0.05, 0.1) is 10.5 Å². The molecule has 0 unspecified atom stereocenters. The number of hydrogen-bond donors (Lipinski definition) is 2. The first-order valence-electron chi connectivity index (χ1n) is 6.60. The number of aliphatic hydroxyl groups is 1. The van der Waals surface area contributed by atoms with Crippen molar-refractivity contribution in [2.75, 3.05) is 0 Å². The van der Waals surface area contributed by atoms with E-state index >= 15 is 0 Å². The molecule has 0 atom stereocenters. The van der Waals surface area contributed by atoms with Gasteiger partial charge in [-0.3, -0.25) is 0 Å². The fourth-order valence-electron chi connectivity index (χ4n) is 2.11. The number of nitrogens with two attached hydrogens (primary N) is 1. The molecular formula is C16H16N2O4S. The van der Waals surface area contributed by atoms with Gasteiger partial charge in [-0.25, -0.2) is 13.6 Å². The van der Waals surface area contributed by atoms with Crippen molar-refractivity contribution < 1.29 is 18.0 Å². The third-order valence-corrected chi connectivity index (χ3v) is 4.10. The minimum Gasteiger partial charge on any atom is -0.388 e. The summed E-state index contributed by atoms with van der Waals surface area (Å²) in [6.45, 7) is 7.00. The highest BCUT2D eigenvalue weighted by Crippen LogP contribution is 2.33. The Bertz CT molecular complexity index is 862. The molecule has 120 valence electrons. The van der Waals surface area contributed by atoms with Gasteiger partial charge in [0.25, 0.3) is 0 Å². The van der Waals surface area contributed by atoms with E-state index in [0.717, 1.165) is 0 Å². The molecule has 6 nitrogen and oxygen atoms in total. The van der Waals surface area contributed by atoms with Crippen LogP contribution in [0.5, 0.6) is 0 Å². The summed E-state index contributed by atoms with van der Waals surface area (Å²) >= 11 is 0. The zero-order valence-electron chi connectivity index (χ0n) is 12.3. The Balaban J connectivity index is 2.62. The number of benzene rings is 1. The largest absolute Gasteiger partial charge is 0.388 e. The van der Waals surface area contributed by atoms with Crippen LogP contribution in [0.2, 0.25) is 0 Å². The molecule has 3 N–H and O–H groups in total. The standard InChI is InChI=1S/C16H16N2O4S/c1-3-5-11(4-2)16-15(14(10-19)22-18-16)12-6-8-13(9-7-12)23(17,20)21/h3-9,19H,1-2,10H2,(H2,17,20,21)/b11-5+. The van der Waals surface area contributed by atoms with Crippen molar-refractivity contribution in [1.82, 2.24) is 5.16 Å². The Morgan fingerprint density at radius 2 is 1.96 bits per heavy atom. The first-order valence-corrected chi connectivity index (χ1v) is 8.15. The second-order valence-corrected chi connectivity index (χ2v) is 6.18. The lowest BCUT2D eigenvalue weighted by Gasteiger charge is -2.05. The van der Waals surface area contributed by atoms with Crippen molar-refractivity contribution >= 4 is 15.6 Å². The van der Waals surface area contributed by atoms with Crippen molar-refractivity contribution in [1.29, 1.82) is 0 Å². The second kappa shape index (κ2) is 6.74. The molecule has 1 heterocycles. The Labute approximate surface area is 134 Å². The van der Waals surface area contributed by atoms with E-state index < -0.39 is 10.0 Å². The van der Waals surface area contributed by atoms with E-state index in [2.05, 4.69) is 18.3 Å². The van der Waals surface area contributed by atoms with E-state index in [-0.39, 0.29) is 17.3 Å². The lowest BCUT2D eigenvalue weighted by molar-refractivity contribution is 0.229. The van der Waals surface area contributed by atoms with Gasteiger partial charge in [0, 0.05) is 5.57 Å². The normalized spacial score (nSPS) is 12.2. The van der Waals surface area contributed by atoms with E-state index in [1.807, 2.05) is 0 Å². The predicted molar refractivity (Wildman–Crippen MR) is 87.6 cm³/mol. The monoisotopic (exact) mass is 332 g/mol. The first kappa shape index (κ1) is 16.9. The van der Waals surface area contributed by atoms with E-state index in [9.17, 15) is 13.5 Å². The van der Waals surface area contributed by atoms with Crippen molar-refractivity contribution in [3.63, 3.8) is 0 Å². The molecule has 0 aliphatic heterocycles. The van der Waals surface area contributed by atoms with Gasteiger partial charge >= 0.3 is 0 Å². The van der Waals surface area contributed by atoms with Crippen molar-refractivity contribution in [2.24, 2.45) is 5.14 Å². The van der Waals surface area contributed by atoms with Gasteiger partial charge in [-0.1, -0.05) is 48.7 Å². The van der Waals surface area contributed by atoms with Gasteiger partial charge in [-0.15, -0.1) is 0 Å². The zero-order valence-corrected chi connectivity index (χ0v) is 13.1. The molecule has 2 rings (SSSR count). The zero-order chi connectivity index (χ0) is 17.0. The summed E-state index contributed by atoms with van der Waals surface area (Å²) in [5.74, 6) is 0.264. The molecule has 0 aliphatic rings. The fraction of sp³-hybridized carbons (Fsp3) is 0.0625. The molecule has 7 heteroatoms. The van der Waals surface area contributed by atoms with Gasteiger partial charge in [0.1, 0.15) is 12.3 Å². The first-order chi connectivity index (χ1) is 10.9. The van der Waals surface area contributed by atoms with Crippen LogP contribution in [-0.2, 0) is 16.6 Å². The van der Waals surface area contributed by atoms with Crippen LogP contribution in [0, 0.1) is 0 Å². The summed E-state index contributed by atoms with van der Waals surface area (Å²) in [7, 11) is -3.77. The molecule has 1 aromatic carbocycles. The van der Waals surface area contributed by atoms with E-state index in [1.165, 1.54) is 12.1 Å². The molecule has 0 amide bonds. The summed E-state index contributed by atoms with van der Waals surface area (Å²) in [6.07, 6.45) is 4.87. The number of hydrogen-bond acceptors (Lipinski definition) is 5. The number of sulfonamides is 1. The highest BCUT2D eigenvalue weighted by molar-refractivity contribution is 7.89. The smallest absolute Gasteiger partial charge is 0.238 e. The predicted octanol–water partition coefficient (Wildman–Crippen LogP) is 2.24. The molecule has 23 heavy (non-hydrogen) atoms. The second-order valence-electron chi connectivity index (χ2n) is 4.62. The summed E-state index contributed by atoms with van der Waals surface area (Å²) in [6, 6.07) is 5.91. The van der Waals surface area contributed by atoms with Crippen LogP contribution < -0.4 is 5.14 Å². The van der Waals surface area contributed by atoms with Crippen LogP contribution in [0.4, 0.5) is 0 Å². The number of allylic oxidation sites excluding steroid dienone is 4. The van der Waals surface area contributed by atoms with Crippen LogP contribution in [0.15, 0.2) is 65.1 Å². The molecule has 0 radical (unpaired) electrons. The lowest BCUT2D eigenvalue weighted by Crippen LogP contribution is -2.11. The number of nitrogens with zero attached hydrogens (tertiary/aromatic N) is 1. The molecule has 0 saturated heterocycles. The van der Waals surface area contributed by atoms with Crippen molar-refractivity contribution in [3.05, 3.63) is 67.1 Å². The molecule has 0 saturated carbocycles. The Kier molecular flexibility index (Phi) is 4.95. The maximum Gasteiger partial charge on any atom is 0.238 e. The minimum atomic E-state index is -3.77. The molecule has 2 aromatic rings. The number of primary sulfonamides is 1. The Morgan fingerprint density at radius 3 is 2.43 bits per heavy atom. The van der Waals surface area contributed by atoms with E-state index in [4.69, 9.17) is 9.66 Å². The molecule has 0 aliphatic carbocycles. The number of rotatable bonds is 6. The average molecular weight is 332 g/mol. The highest BCUT2D eigenvalue weighted by atomic mass is 32.2. The maximum atomic E-state index is 11.3. The van der Waals surface area contributed by atoms with E-state index in [0.29, 0.717) is 22.4 Å². The van der Waals surface area contributed by atoms with Crippen LogP contribution in [0.1, 0.15) is 11.5 Å². The minimum absolute atomic E-state index is 0.00428. The summed E-state index contributed by atoms with van der Waals surface area (Å²) < 4.78 is 27.8. The van der Waals surface area contributed by atoms with Gasteiger partial charge in [-0.05, 0) is 17.7 Å². The van der Waals surface area contributed by atoms with Gasteiger partial charge in [0.2, 0.25) is 10.0 Å². The Hall–Kier alpha value is -2.48. The maximum absolute atomic E-state index is 11.3. The van der Waals surface area contributed by atoms with Crippen molar-refractivity contribution in [2.45, 2.75) is 11.5 Å². The Morgan fingerprint density at radius 1 is 1.30 bits per heavy atom. The molecule has 1 aromatic heterocycles. The molecular weight excluding hydrogens is 316 g/mol. The third-order valence-electron chi connectivity index (χ3n) is 3.17. The summed E-state index contributed by atoms with van der Waals surface area (Å²) in [4.78, 5) is -0.00428. The number of aliphatic hydroxyl groups excluding tert-OH is 1. The van der Waals surface area contributed by atoms with Gasteiger partial charge in [-0.2, -0.15) is 0 Å². The van der Waals surface area contributed by atoms with Crippen LogP contribution in [0.25, 0.3) is 16.7 Å². The average Bonchev–Trinajstić information content (AvgIpc) is 2.95. The van der Waals surface area contributed by atoms with Crippen molar-refractivity contribution in [3.8, 4) is 11.1 Å². The van der Waals surface area contributed by atoms with E-state index in [1.54, 1.807) is 30.4 Å². The summed E-state index contributed by atoms with van der Waals surface area (Å²) in [5.41, 5.74) is 2.33.